The number of hydrogen-bond donors (Lipinski definition) is 2. The van der Waals surface area contributed by atoms with E-state index in [1.807, 2.05) is 24.3 Å². The number of nitrogens with one attached hydrogen (secondary N) is 2. The summed E-state index contributed by atoms with van der Waals surface area (Å²) in [6.07, 6.45) is 3.04. The fourth-order valence-electron chi connectivity index (χ4n) is 1.48. The van der Waals surface area contributed by atoms with Gasteiger partial charge in [0.25, 0.3) is 0 Å². The summed E-state index contributed by atoms with van der Waals surface area (Å²) in [5, 5.41) is 9.81. The number of anilines is 1. The molecule has 0 aliphatic rings. The minimum atomic E-state index is -0.256. The number of benzene rings is 1. The number of rotatable bonds is 4. The Morgan fingerprint density at radius 3 is 2.83 bits per heavy atom. The third kappa shape index (κ3) is 2.54. The summed E-state index contributed by atoms with van der Waals surface area (Å²) in [4.78, 5) is 15.7. The smallest absolute Gasteiger partial charge is 0.241 e. The van der Waals surface area contributed by atoms with Crippen LogP contribution >= 0.6 is 0 Å². The molecule has 0 spiro atoms. The molecule has 1 atom stereocenters. The van der Waals surface area contributed by atoms with Gasteiger partial charge >= 0.3 is 0 Å². The predicted octanol–water partition coefficient (Wildman–Crippen LogP) is 0.814. The van der Waals surface area contributed by atoms with Gasteiger partial charge in [0.15, 0.2) is 0 Å². The molecule has 1 unspecified atom stereocenters. The van der Waals surface area contributed by atoms with Gasteiger partial charge in [-0.25, -0.2) is 9.67 Å². The standard InChI is InChI=1S/C12H15N5O/c1-9(13-2)12(18)16-10-5-3-4-6-11(10)17-8-14-7-15-17/h3-9,13H,1-2H3,(H,16,18). The first-order valence-electron chi connectivity index (χ1n) is 5.64. The van der Waals surface area contributed by atoms with Crippen LogP contribution in [0.15, 0.2) is 36.9 Å². The lowest BCUT2D eigenvalue weighted by Crippen LogP contribution is -2.35. The molecule has 0 saturated heterocycles. The lowest BCUT2D eigenvalue weighted by molar-refractivity contribution is -0.117. The van der Waals surface area contributed by atoms with Crippen molar-refractivity contribution in [3.05, 3.63) is 36.9 Å². The maximum atomic E-state index is 11.8. The summed E-state index contributed by atoms with van der Waals surface area (Å²) in [5.41, 5.74) is 1.49. The fraction of sp³-hybridized carbons (Fsp3) is 0.250. The average molecular weight is 245 g/mol. The van der Waals surface area contributed by atoms with Crippen molar-refractivity contribution in [3.63, 3.8) is 0 Å². The highest BCUT2D eigenvalue weighted by molar-refractivity contribution is 5.96. The second-order valence-electron chi connectivity index (χ2n) is 3.86. The van der Waals surface area contributed by atoms with Gasteiger partial charge in [-0.2, -0.15) is 5.10 Å². The van der Waals surface area contributed by atoms with E-state index in [0.29, 0.717) is 5.69 Å². The minimum Gasteiger partial charge on any atom is -0.323 e. The average Bonchev–Trinajstić information content (AvgIpc) is 2.92. The summed E-state index contributed by atoms with van der Waals surface area (Å²) in [5.74, 6) is -0.0925. The topological polar surface area (TPSA) is 71.8 Å². The van der Waals surface area contributed by atoms with E-state index in [2.05, 4.69) is 20.7 Å². The fourth-order valence-corrected chi connectivity index (χ4v) is 1.48. The quantitative estimate of drug-likeness (QED) is 0.836. The predicted molar refractivity (Wildman–Crippen MR) is 68.5 cm³/mol. The normalized spacial score (nSPS) is 12.1. The number of carbonyl (C=O) groups is 1. The van der Waals surface area contributed by atoms with Gasteiger partial charge in [0.05, 0.1) is 17.4 Å². The van der Waals surface area contributed by atoms with Crippen molar-refractivity contribution in [3.8, 4) is 5.69 Å². The van der Waals surface area contributed by atoms with Crippen LogP contribution in [0.4, 0.5) is 5.69 Å². The second kappa shape index (κ2) is 5.42. The Kier molecular flexibility index (Phi) is 3.69. The molecular formula is C12H15N5O. The molecule has 18 heavy (non-hydrogen) atoms. The Balaban J connectivity index is 2.26. The van der Waals surface area contributed by atoms with E-state index < -0.39 is 0 Å². The number of hydrogen-bond acceptors (Lipinski definition) is 4. The molecule has 2 rings (SSSR count). The molecule has 6 nitrogen and oxygen atoms in total. The van der Waals surface area contributed by atoms with Crippen molar-refractivity contribution in [2.45, 2.75) is 13.0 Å². The van der Waals surface area contributed by atoms with Crippen LogP contribution in [-0.2, 0) is 4.79 Å². The van der Waals surface area contributed by atoms with Crippen LogP contribution in [0, 0.1) is 0 Å². The molecule has 0 saturated carbocycles. The molecule has 0 radical (unpaired) electrons. The zero-order valence-corrected chi connectivity index (χ0v) is 10.3. The third-order valence-corrected chi connectivity index (χ3v) is 2.65. The van der Waals surface area contributed by atoms with Crippen LogP contribution in [0.1, 0.15) is 6.92 Å². The number of nitrogens with zero attached hydrogens (tertiary/aromatic N) is 3. The molecule has 1 aromatic heterocycles. The number of likely N-dealkylation sites (N-methyl/N-ethyl adjacent to an activating group) is 1. The summed E-state index contributed by atoms with van der Waals surface area (Å²) in [6, 6.07) is 7.19. The Hall–Kier alpha value is -2.21. The van der Waals surface area contributed by atoms with E-state index in [9.17, 15) is 4.79 Å². The van der Waals surface area contributed by atoms with Crippen molar-refractivity contribution in [2.75, 3.05) is 12.4 Å². The second-order valence-corrected chi connectivity index (χ2v) is 3.86. The van der Waals surface area contributed by atoms with Crippen LogP contribution < -0.4 is 10.6 Å². The lowest BCUT2D eigenvalue weighted by atomic mass is 10.2. The largest absolute Gasteiger partial charge is 0.323 e. The van der Waals surface area contributed by atoms with Gasteiger partial charge in [-0.05, 0) is 26.1 Å². The Labute approximate surface area is 105 Å². The molecule has 1 amide bonds. The third-order valence-electron chi connectivity index (χ3n) is 2.65. The van der Waals surface area contributed by atoms with Crippen molar-refractivity contribution >= 4 is 11.6 Å². The summed E-state index contributed by atoms with van der Waals surface area (Å²) < 4.78 is 1.61. The first kappa shape index (κ1) is 12.3. The number of carbonyl (C=O) groups excluding carboxylic acids is 1. The Bertz CT molecular complexity index is 523. The van der Waals surface area contributed by atoms with E-state index in [1.54, 1.807) is 25.0 Å². The zero-order chi connectivity index (χ0) is 13.0. The first-order valence-corrected chi connectivity index (χ1v) is 5.64. The molecule has 0 fully saturated rings. The molecule has 0 aliphatic heterocycles. The number of para-hydroxylation sites is 2. The Morgan fingerprint density at radius 1 is 1.39 bits per heavy atom. The molecule has 94 valence electrons. The van der Waals surface area contributed by atoms with Gasteiger partial charge in [-0.15, -0.1) is 0 Å². The maximum absolute atomic E-state index is 11.8. The summed E-state index contributed by atoms with van der Waals surface area (Å²) >= 11 is 0. The minimum absolute atomic E-state index is 0.0925. The molecule has 0 bridgehead atoms. The highest BCUT2D eigenvalue weighted by atomic mass is 16.2. The highest BCUT2D eigenvalue weighted by Gasteiger charge is 2.13. The monoisotopic (exact) mass is 245 g/mol. The van der Waals surface area contributed by atoms with Crippen LogP contribution in [-0.4, -0.2) is 33.8 Å². The van der Waals surface area contributed by atoms with E-state index in [-0.39, 0.29) is 11.9 Å². The zero-order valence-electron chi connectivity index (χ0n) is 10.3. The van der Waals surface area contributed by atoms with Gasteiger partial charge in [-0.1, -0.05) is 12.1 Å². The van der Waals surface area contributed by atoms with Gasteiger partial charge in [0.2, 0.25) is 5.91 Å². The summed E-state index contributed by atoms with van der Waals surface area (Å²) in [7, 11) is 1.74. The van der Waals surface area contributed by atoms with E-state index in [0.717, 1.165) is 5.69 Å². The molecule has 0 aliphatic carbocycles. The van der Waals surface area contributed by atoms with Crippen molar-refractivity contribution in [1.29, 1.82) is 0 Å². The van der Waals surface area contributed by atoms with Crippen LogP contribution in [0.3, 0.4) is 0 Å². The number of amides is 1. The van der Waals surface area contributed by atoms with Gasteiger partial charge in [-0.3, -0.25) is 4.79 Å². The van der Waals surface area contributed by atoms with Crippen LogP contribution in [0.2, 0.25) is 0 Å². The molecule has 1 aromatic carbocycles. The maximum Gasteiger partial charge on any atom is 0.241 e. The van der Waals surface area contributed by atoms with Crippen molar-refractivity contribution in [1.82, 2.24) is 20.1 Å². The van der Waals surface area contributed by atoms with Gasteiger partial charge in [0, 0.05) is 0 Å². The van der Waals surface area contributed by atoms with E-state index in [4.69, 9.17) is 0 Å². The van der Waals surface area contributed by atoms with Crippen LogP contribution in [0.5, 0.6) is 0 Å². The van der Waals surface area contributed by atoms with E-state index >= 15 is 0 Å². The van der Waals surface area contributed by atoms with Gasteiger partial charge in [0.1, 0.15) is 12.7 Å². The van der Waals surface area contributed by atoms with E-state index in [1.165, 1.54) is 6.33 Å². The van der Waals surface area contributed by atoms with Crippen molar-refractivity contribution in [2.24, 2.45) is 0 Å². The number of aromatic nitrogens is 3. The van der Waals surface area contributed by atoms with Crippen molar-refractivity contribution < 1.29 is 4.79 Å². The molecule has 2 N–H and O–H groups in total. The highest BCUT2D eigenvalue weighted by Crippen LogP contribution is 2.18. The van der Waals surface area contributed by atoms with Gasteiger partial charge < -0.3 is 10.6 Å². The molecular weight excluding hydrogens is 230 g/mol. The SMILES string of the molecule is CNC(C)C(=O)Nc1ccccc1-n1cncn1. The van der Waals surface area contributed by atoms with Crippen LogP contribution in [0.25, 0.3) is 5.69 Å². The first-order chi connectivity index (χ1) is 8.72. The molecule has 6 heteroatoms. The molecule has 1 heterocycles. The Morgan fingerprint density at radius 2 is 2.17 bits per heavy atom. The lowest BCUT2D eigenvalue weighted by Gasteiger charge is -2.13. The molecule has 2 aromatic rings. The summed E-state index contributed by atoms with van der Waals surface area (Å²) in [6.45, 7) is 1.80.